The van der Waals surface area contributed by atoms with Crippen molar-refractivity contribution in [3.05, 3.63) is 35.9 Å². The molecule has 1 aliphatic heterocycles. The van der Waals surface area contributed by atoms with Crippen LogP contribution in [0.3, 0.4) is 0 Å². The minimum absolute atomic E-state index is 0.0568. The fourth-order valence-corrected chi connectivity index (χ4v) is 2.89. The van der Waals surface area contributed by atoms with E-state index < -0.39 is 16.8 Å². The third kappa shape index (κ3) is 2.69. The minimum atomic E-state index is -1.18. The van der Waals surface area contributed by atoms with E-state index in [0.717, 1.165) is 0 Å². The van der Waals surface area contributed by atoms with Crippen molar-refractivity contribution in [2.45, 2.75) is 4.87 Å². The van der Waals surface area contributed by atoms with Gasteiger partial charge in [-0.3, -0.25) is 5.43 Å². The molecule has 1 unspecified atom stereocenters. The molecule has 8 heteroatoms. The van der Waals surface area contributed by atoms with Gasteiger partial charge in [-0.05, 0) is 11.8 Å². The number of aliphatic imine (C=N–C) groups is 1. The van der Waals surface area contributed by atoms with E-state index in [1.54, 1.807) is 18.4 Å². The smallest absolute Gasteiger partial charge is 0.375 e. The first-order valence-electron chi connectivity index (χ1n) is 6.30. The molecule has 1 aromatic carbocycles. The summed E-state index contributed by atoms with van der Waals surface area (Å²) in [6.45, 7) is 0. The lowest BCUT2D eigenvalue weighted by Gasteiger charge is -2.31. The van der Waals surface area contributed by atoms with Gasteiger partial charge in [0.2, 0.25) is 5.84 Å². The van der Waals surface area contributed by atoms with Gasteiger partial charge in [0.1, 0.15) is 0 Å². The average Bonchev–Trinajstić information content (AvgIpc) is 2.60. The lowest BCUT2D eigenvalue weighted by atomic mass is 10.0. The summed E-state index contributed by atoms with van der Waals surface area (Å²) in [5.74, 6) is -1.37. The second kappa shape index (κ2) is 6.61. The largest absolute Gasteiger partial charge is 0.464 e. The third-order valence-electron chi connectivity index (χ3n) is 3.08. The number of esters is 2. The van der Waals surface area contributed by atoms with Crippen molar-refractivity contribution in [1.82, 2.24) is 5.43 Å². The molecular weight excluding hydrogens is 306 g/mol. The summed E-state index contributed by atoms with van der Waals surface area (Å²) in [6.07, 6.45) is 1.77. The van der Waals surface area contributed by atoms with Crippen LogP contribution < -0.4 is 5.43 Å². The van der Waals surface area contributed by atoms with Crippen LogP contribution in [0.1, 0.15) is 5.56 Å². The number of carbonyl (C=O) groups excluding carboxylic acids is 2. The molecule has 1 aliphatic rings. The number of thioether (sulfide) groups is 1. The van der Waals surface area contributed by atoms with Gasteiger partial charge < -0.3 is 9.47 Å². The van der Waals surface area contributed by atoms with Gasteiger partial charge >= 0.3 is 11.9 Å². The molecule has 0 aromatic heterocycles. The monoisotopic (exact) mass is 321 g/mol. The van der Waals surface area contributed by atoms with Gasteiger partial charge in [-0.25, -0.2) is 14.6 Å². The van der Waals surface area contributed by atoms with Crippen molar-refractivity contribution in [2.75, 3.05) is 20.5 Å². The molecule has 2 rings (SSSR count). The molecule has 0 saturated carbocycles. The van der Waals surface area contributed by atoms with Crippen LogP contribution in [0.15, 0.2) is 40.4 Å². The summed E-state index contributed by atoms with van der Waals surface area (Å²) in [6, 6.07) is 9.09. The number of hydrogen-bond acceptors (Lipinski definition) is 8. The van der Waals surface area contributed by atoms with Gasteiger partial charge in [-0.1, -0.05) is 30.3 Å². The van der Waals surface area contributed by atoms with Crippen LogP contribution >= 0.6 is 11.8 Å². The Morgan fingerprint density at radius 1 is 1.14 bits per heavy atom. The van der Waals surface area contributed by atoms with Crippen LogP contribution in [-0.4, -0.2) is 44.0 Å². The lowest BCUT2D eigenvalue weighted by Crippen LogP contribution is -2.46. The molecule has 116 valence electrons. The Kier molecular flexibility index (Phi) is 4.81. The molecule has 0 amide bonds. The van der Waals surface area contributed by atoms with Crippen molar-refractivity contribution in [3.8, 4) is 0 Å². The summed E-state index contributed by atoms with van der Waals surface area (Å²) in [7, 11) is 2.51. The average molecular weight is 321 g/mol. The second-order valence-corrected chi connectivity index (χ2v) is 5.23. The van der Waals surface area contributed by atoms with Crippen molar-refractivity contribution in [3.63, 3.8) is 0 Å². The summed E-state index contributed by atoms with van der Waals surface area (Å²) in [5, 5.41) is 3.99. The van der Waals surface area contributed by atoms with Crippen LogP contribution in [-0.2, 0) is 23.9 Å². The van der Waals surface area contributed by atoms with Gasteiger partial charge in [0.05, 0.1) is 14.2 Å². The number of carbonyl (C=O) groups is 2. The van der Waals surface area contributed by atoms with Gasteiger partial charge in [0, 0.05) is 0 Å². The number of ether oxygens (including phenoxy) is 2. The van der Waals surface area contributed by atoms with E-state index in [1.807, 2.05) is 18.2 Å². The maximum atomic E-state index is 12.1. The zero-order valence-electron chi connectivity index (χ0n) is 12.3. The van der Waals surface area contributed by atoms with Crippen molar-refractivity contribution < 1.29 is 19.1 Å². The van der Waals surface area contributed by atoms with E-state index in [9.17, 15) is 9.59 Å². The number of hydrazone groups is 1. The Labute approximate surface area is 131 Å². The zero-order valence-corrected chi connectivity index (χ0v) is 13.1. The molecular formula is C14H15N3O4S. The highest BCUT2D eigenvalue weighted by atomic mass is 32.2. The van der Waals surface area contributed by atoms with Crippen molar-refractivity contribution in [2.24, 2.45) is 10.1 Å². The van der Waals surface area contributed by atoms with E-state index in [1.165, 1.54) is 26.0 Å². The summed E-state index contributed by atoms with van der Waals surface area (Å²) in [5.41, 5.74) is 3.20. The highest BCUT2D eigenvalue weighted by molar-refractivity contribution is 8.00. The molecule has 22 heavy (non-hydrogen) atoms. The summed E-state index contributed by atoms with van der Waals surface area (Å²) >= 11 is 1.26. The van der Waals surface area contributed by atoms with Gasteiger partial charge in [-0.2, -0.15) is 5.10 Å². The molecule has 1 aromatic rings. The molecule has 1 N–H and O–H groups in total. The molecule has 0 spiro atoms. The van der Waals surface area contributed by atoms with Crippen LogP contribution in [0.4, 0.5) is 0 Å². The van der Waals surface area contributed by atoms with Gasteiger partial charge in [0.15, 0.2) is 10.6 Å². The quantitative estimate of drug-likeness (QED) is 0.829. The van der Waals surface area contributed by atoms with E-state index in [-0.39, 0.29) is 11.5 Å². The highest BCUT2D eigenvalue weighted by Gasteiger charge is 2.45. The van der Waals surface area contributed by atoms with Crippen molar-refractivity contribution >= 4 is 35.2 Å². The van der Waals surface area contributed by atoms with Crippen LogP contribution in [0, 0.1) is 0 Å². The summed E-state index contributed by atoms with van der Waals surface area (Å²) < 4.78 is 9.44. The topological polar surface area (TPSA) is 89.3 Å². The molecule has 0 radical (unpaired) electrons. The zero-order chi connectivity index (χ0) is 16.2. The Bertz CT molecular complexity index is 645. The first-order chi connectivity index (χ1) is 10.6. The molecule has 0 aliphatic carbocycles. The second-order valence-electron chi connectivity index (χ2n) is 4.23. The van der Waals surface area contributed by atoms with Crippen molar-refractivity contribution in [1.29, 1.82) is 0 Å². The number of rotatable bonds is 4. The number of hydrogen-bond donors (Lipinski definition) is 1. The molecule has 1 atom stereocenters. The van der Waals surface area contributed by atoms with E-state index in [0.29, 0.717) is 5.56 Å². The van der Waals surface area contributed by atoms with Crippen LogP contribution in [0.2, 0.25) is 0 Å². The number of benzene rings is 1. The maximum Gasteiger partial charge on any atom is 0.375 e. The van der Waals surface area contributed by atoms with E-state index in [4.69, 9.17) is 4.74 Å². The standard InChI is InChI=1S/C14H15N3O4S/c1-20-12(18)10-14(22-3,9-7-5-4-6-8-9)15-11(17-16-10)13(19)21-2/h4-8H,1-3H3,(H,15,17). The number of methoxy groups -OCH3 is 2. The predicted molar refractivity (Wildman–Crippen MR) is 83.7 cm³/mol. The SMILES string of the molecule is COC(=O)C1=NC(SC)(c2ccccc2)C(C(=O)OC)=NN1. The first-order valence-corrected chi connectivity index (χ1v) is 7.53. The normalized spacial score (nSPS) is 20.3. The predicted octanol–water partition coefficient (Wildman–Crippen LogP) is 0.906. The Hall–Kier alpha value is -2.35. The number of amidine groups is 1. The van der Waals surface area contributed by atoms with Gasteiger partial charge in [0.25, 0.3) is 0 Å². The number of nitrogens with zero attached hydrogens (tertiary/aromatic N) is 2. The Morgan fingerprint density at radius 2 is 1.77 bits per heavy atom. The van der Waals surface area contributed by atoms with Gasteiger partial charge in [-0.15, -0.1) is 11.8 Å². The molecule has 1 heterocycles. The molecule has 0 saturated heterocycles. The van der Waals surface area contributed by atoms with E-state index in [2.05, 4.69) is 20.3 Å². The lowest BCUT2D eigenvalue weighted by molar-refractivity contribution is -0.134. The maximum absolute atomic E-state index is 12.1. The molecule has 0 fully saturated rings. The Morgan fingerprint density at radius 3 is 2.32 bits per heavy atom. The molecule has 0 bridgehead atoms. The minimum Gasteiger partial charge on any atom is -0.464 e. The number of nitrogens with one attached hydrogen (secondary N) is 1. The third-order valence-corrected chi connectivity index (χ3v) is 4.19. The van der Waals surface area contributed by atoms with Crippen LogP contribution in [0.5, 0.6) is 0 Å². The summed E-state index contributed by atoms with van der Waals surface area (Å²) in [4.78, 5) is 27.0. The highest BCUT2D eigenvalue weighted by Crippen LogP contribution is 2.39. The molecule has 7 nitrogen and oxygen atoms in total. The first kappa shape index (κ1) is 16.0. The van der Waals surface area contributed by atoms with Crippen LogP contribution in [0.25, 0.3) is 0 Å². The fourth-order valence-electron chi connectivity index (χ4n) is 2.01. The Balaban J connectivity index is 2.62. The fraction of sp³-hybridized carbons (Fsp3) is 0.286. The van der Waals surface area contributed by atoms with E-state index >= 15 is 0 Å².